The molecule has 0 fully saturated rings. The molecule has 17 heavy (non-hydrogen) atoms. The third-order valence-electron chi connectivity index (χ3n) is 2.48. The van der Waals surface area contributed by atoms with Gasteiger partial charge in [0.2, 0.25) is 0 Å². The number of aryl methyl sites for hydroxylation is 1. The van der Waals surface area contributed by atoms with Gasteiger partial charge in [-0.25, -0.2) is 4.68 Å². The molecule has 0 saturated heterocycles. The predicted octanol–water partition coefficient (Wildman–Crippen LogP) is 2.94. The fraction of sp³-hybridized carbons (Fsp3) is 0.143. The van der Waals surface area contributed by atoms with E-state index in [2.05, 4.69) is 5.10 Å². The number of aromatic nitrogens is 2. The van der Waals surface area contributed by atoms with Gasteiger partial charge in [0.1, 0.15) is 0 Å². The average Bonchev–Trinajstić information content (AvgIpc) is 2.77. The number of carbonyl (C=O) groups is 1. The highest BCUT2D eigenvalue weighted by atomic mass is 16.1. The maximum Gasteiger partial charge on any atom is 0.187 e. The number of nitrogens with zero attached hydrogens (tertiary/aromatic N) is 2. The maximum absolute atomic E-state index is 11.9. The first-order chi connectivity index (χ1) is 8.16. The van der Waals surface area contributed by atoms with E-state index in [0.717, 1.165) is 11.4 Å². The van der Waals surface area contributed by atoms with Crippen molar-refractivity contribution >= 4 is 11.5 Å². The van der Waals surface area contributed by atoms with Crippen molar-refractivity contribution in [3.05, 3.63) is 59.9 Å². The molecule has 2 aromatic rings. The van der Waals surface area contributed by atoms with Crippen LogP contribution < -0.4 is 0 Å². The van der Waals surface area contributed by atoms with Crippen LogP contribution in [0.2, 0.25) is 0 Å². The molecule has 0 amide bonds. The Labute approximate surface area is 100 Å². The number of hydrogen-bond acceptors (Lipinski definition) is 2. The van der Waals surface area contributed by atoms with E-state index in [-0.39, 0.29) is 5.78 Å². The Bertz CT molecular complexity index is 553. The normalized spacial score (nSPS) is 11.5. The summed E-state index contributed by atoms with van der Waals surface area (Å²) in [5.74, 6) is -0.00347. The number of benzene rings is 1. The summed E-state index contributed by atoms with van der Waals surface area (Å²) in [6, 6.07) is 11.1. The molecular formula is C14H14N2O. The SMILES string of the molecule is C/C(=C/C(=O)c1ccccc1)n1ccc(C)n1. The highest BCUT2D eigenvalue weighted by molar-refractivity contribution is 6.07. The van der Waals surface area contributed by atoms with E-state index in [4.69, 9.17) is 0 Å². The Balaban J connectivity index is 2.23. The van der Waals surface area contributed by atoms with Crippen LogP contribution in [0.15, 0.2) is 48.7 Å². The molecule has 0 spiro atoms. The summed E-state index contributed by atoms with van der Waals surface area (Å²) in [6.45, 7) is 3.79. The summed E-state index contributed by atoms with van der Waals surface area (Å²) in [4.78, 5) is 11.9. The van der Waals surface area contributed by atoms with Gasteiger partial charge < -0.3 is 0 Å². The number of carbonyl (C=O) groups excluding carboxylic acids is 1. The smallest absolute Gasteiger partial charge is 0.187 e. The van der Waals surface area contributed by atoms with E-state index < -0.39 is 0 Å². The highest BCUT2D eigenvalue weighted by Crippen LogP contribution is 2.07. The molecule has 0 atom stereocenters. The lowest BCUT2D eigenvalue weighted by atomic mass is 10.1. The Hall–Kier alpha value is -2.16. The molecule has 1 aromatic heterocycles. The van der Waals surface area contributed by atoms with Crippen molar-refractivity contribution in [2.45, 2.75) is 13.8 Å². The highest BCUT2D eigenvalue weighted by Gasteiger charge is 2.03. The van der Waals surface area contributed by atoms with Crippen molar-refractivity contribution in [3.63, 3.8) is 0 Å². The number of ketones is 1. The minimum Gasteiger partial charge on any atom is -0.289 e. The molecule has 0 unspecified atom stereocenters. The predicted molar refractivity (Wildman–Crippen MR) is 67.7 cm³/mol. The standard InChI is InChI=1S/C14H14N2O/c1-11-8-9-16(15-11)12(2)10-14(17)13-6-4-3-5-7-13/h3-10H,1-2H3/b12-10-. The van der Waals surface area contributed by atoms with Gasteiger partial charge in [-0.05, 0) is 19.9 Å². The van der Waals surface area contributed by atoms with Crippen LogP contribution in [0, 0.1) is 6.92 Å². The first kappa shape index (κ1) is 11.3. The van der Waals surface area contributed by atoms with Crippen LogP contribution >= 0.6 is 0 Å². The van der Waals surface area contributed by atoms with Crippen LogP contribution in [0.25, 0.3) is 5.70 Å². The fourth-order valence-electron chi connectivity index (χ4n) is 1.55. The van der Waals surface area contributed by atoms with Crippen molar-refractivity contribution in [2.24, 2.45) is 0 Å². The first-order valence-electron chi connectivity index (χ1n) is 5.47. The summed E-state index contributed by atoms with van der Waals surface area (Å²) < 4.78 is 1.70. The molecule has 1 heterocycles. The Kier molecular flexibility index (Phi) is 3.19. The van der Waals surface area contributed by atoms with Gasteiger partial charge in [0, 0.05) is 23.5 Å². The van der Waals surface area contributed by atoms with Crippen molar-refractivity contribution in [2.75, 3.05) is 0 Å². The van der Waals surface area contributed by atoms with E-state index in [9.17, 15) is 4.79 Å². The van der Waals surface area contributed by atoms with Crippen LogP contribution in [-0.2, 0) is 0 Å². The van der Waals surface area contributed by atoms with E-state index in [1.807, 2.05) is 44.3 Å². The van der Waals surface area contributed by atoms with Gasteiger partial charge in [0.15, 0.2) is 5.78 Å². The summed E-state index contributed by atoms with van der Waals surface area (Å²) in [5.41, 5.74) is 2.44. The largest absolute Gasteiger partial charge is 0.289 e. The zero-order valence-electron chi connectivity index (χ0n) is 9.92. The number of hydrogen-bond donors (Lipinski definition) is 0. The third kappa shape index (κ3) is 2.69. The van der Waals surface area contributed by atoms with Crippen LogP contribution in [-0.4, -0.2) is 15.6 Å². The van der Waals surface area contributed by atoms with Gasteiger partial charge in [-0.15, -0.1) is 0 Å². The van der Waals surface area contributed by atoms with E-state index in [1.54, 1.807) is 22.9 Å². The van der Waals surface area contributed by atoms with E-state index >= 15 is 0 Å². The lowest BCUT2D eigenvalue weighted by molar-refractivity contribution is 0.104. The molecule has 2 rings (SSSR count). The summed E-state index contributed by atoms with van der Waals surface area (Å²) in [7, 11) is 0. The summed E-state index contributed by atoms with van der Waals surface area (Å²) >= 11 is 0. The Morgan fingerprint density at radius 2 is 1.94 bits per heavy atom. The van der Waals surface area contributed by atoms with Crippen molar-refractivity contribution in [3.8, 4) is 0 Å². The quantitative estimate of drug-likeness (QED) is 0.595. The van der Waals surface area contributed by atoms with Gasteiger partial charge in [-0.1, -0.05) is 30.3 Å². The molecule has 0 N–H and O–H groups in total. The molecule has 3 nitrogen and oxygen atoms in total. The van der Waals surface area contributed by atoms with Crippen molar-refractivity contribution in [1.29, 1.82) is 0 Å². The first-order valence-corrected chi connectivity index (χ1v) is 5.47. The molecular weight excluding hydrogens is 212 g/mol. The topological polar surface area (TPSA) is 34.9 Å². The average molecular weight is 226 g/mol. The van der Waals surface area contributed by atoms with E-state index in [1.165, 1.54) is 0 Å². The maximum atomic E-state index is 11.9. The van der Waals surface area contributed by atoms with Crippen molar-refractivity contribution < 1.29 is 4.79 Å². The molecule has 3 heteroatoms. The fourth-order valence-corrected chi connectivity index (χ4v) is 1.55. The molecule has 0 bridgehead atoms. The minimum atomic E-state index is -0.00347. The molecule has 0 aliphatic carbocycles. The summed E-state index contributed by atoms with van der Waals surface area (Å²) in [6.07, 6.45) is 3.45. The second kappa shape index (κ2) is 4.78. The molecule has 1 aromatic carbocycles. The zero-order valence-corrected chi connectivity index (χ0v) is 9.92. The second-order valence-corrected chi connectivity index (χ2v) is 3.92. The van der Waals surface area contributed by atoms with Gasteiger partial charge in [0.25, 0.3) is 0 Å². The molecule has 0 radical (unpaired) electrons. The number of rotatable bonds is 3. The lowest BCUT2D eigenvalue weighted by Crippen LogP contribution is -2.00. The van der Waals surface area contributed by atoms with Crippen LogP contribution in [0.3, 0.4) is 0 Å². The Morgan fingerprint density at radius 1 is 1.24 bits per heavy atom. The lowest BCUT2D eigenvalue weighted by Gasteiger charge is -2.01. The molecule has 0 aliphatic rings. The molecule has 86 valence electrons. The van der Waals surface area contributed by atoms with Crippen LogP contribution in [0.4, 0.5) is 0 Å². The van der Waals surface area contributed by atoms with Gasteiger partial charge in [0.05, 0.1) is 5.69 Å². The third-order valence-corrected chi connectivity index (χ3v) is 2.48. The Morgan fingerprint density at radius 3 is 2.53 bits per heavy atom. The number of allylic oxidation sites excluding steroid dienone is 2. The summed E-state index contributed by atoms with van der Waals surface area (Å²) in [5, 5.41) is 4.25. The monoisotopic (exact) mass is 226 g/mol. The minimum absolute atomic E-state index is 0.00347. The van der Waals surface area contributed by atoms with Gasteiger partial charge in [-0.2, -0.15) is 5.10 Å². The van der Waals surface area contributed by atoms with Crippen LogP contribution in [0.1, 0.15) is 23.0 Å². The molecule has 0 aliphatic heterocycles. The van der Waals surface area contributed by atoms with Crippen molar-refractivity contribution in [1.82, 2.24) is 9.78 Å². The van der Waals surface area contributed by atoms with Gasteiger partial charge >= 0.3 is 0 Å². The zero-order chi connectivity index (χ0) is 12.3. The second-order valence-electron chi connectivity index (χ2n) is 3.92. The van der Waals surface area contributed by atoms with E-state index in [0.29, 0.717) is 5.56 Å². The van der Waals surface area contributed by atoms with Gasteiger partial charge in [-0.3, -0.25) is 4.79 Å². The molecule has 0 saturated carbocycles. The van der Waals surface area contributed by atoms with Crippen LogP contribution in [0.5, 0.6) is 0 Å².